The highest BCUT2D eigenvalue weighted by molar-refractivity contribution is 9.10. The number of benzene rings is 2. The smallest absolute Gasteiger partial charge is 0.185 e. The number of hydrogen-bond donors (Lipinski definition) is 0. The van der Waals surface area contributed by atoms with Crippen LogP contribution >= 0.6 is 15.9 Å². The molecule has 0 aliphatic carbocycles. The molecular weight excluding hydrogens is 432 g/mol. The summed E-state index contributed by atoms with van der Waals surface area (Å²) in [5.74, 6) is 1.45. The van der Waals surface area contributed by atoms with E-state index in [1.165, 1.54) is 0 Å². The number of aromatic nitrogens is 2. The highest BCUT2D eigenvalue weighted by atomic mass is 79.9. The predicted molar refractivity (Wildman–Crippen MR) is 118 cm³/mol. The third-order valence-corrected chi connectivity index (χ3v) is 5.87. The summed E-state index contributed by atoms with van der Waals surface area (Å²) in [6.45, 7) is 4.57. The fourth-order valence-electron chi connectivity index (χ4n) is 3.04. The Labute approximate surface area is 179 Å². The number of hydrogen-bond acceptors (Lipinski definition) is 4. The molecule has 0 aliphatic heterocycles. The predicted octanol–water partition coefficient (Wildman–Crippen LogP) is 5.22. The van der Waals surface area contributed by atoms with Crippen LogP contribution in [0.25, 0.3) is 6.08 Å². The van der Waals surface area contributed by atoms with E-state index in [1.54, 1.807) is 44.6 Å². The summed E-state index contributed by atoms with van der Waals surface area (Å²) in [5.41, 5.74) is 4.53. The first kappa shape index (κ1) is 20.9. The lowest BCUT2D eigenvalue weighted by Gasteiger charge is -2.11. The molecule has 0 aliphatic rings. The van der Waals surface area contributed by atoms with Crippen LogP contribution in [-0.4, -0.2) is 29.8 Å². The Hall–Kier alpha value is -2.86. The number of ketones is 1. The largest absolute Gasteiger partial charge is 0.497 e. The fourth-order valence-corrected chi connectivity index (χ4v) is 3.32. The van der Waals surface area contributed by atoms with Crippen molar-refractivity contribution in [2.75, 3.05) is 14.2 Å². The van der Waals surface area contributed by atoms with Gasteiger partial charge in [-0.3, -0.25) is 9.48 Å². The second kappa shape index (κ2) is 9.09. The summed E-state index contributed by atoms with van der Waals surface area (Å²) in [7, 11) is 3.25. The lowest BCUT2D eigenvalue weighted by molar-refractivity contribution is 0.104. The number of ether oxygens (including phenoxy) is 2. The van der Waals surface area contributed by atoms with Crippen molar-refractivity contribution in [3.8, 4) is 11.5 Å². The molecule has 150 valence electrons. The molecule has 0 unspecified atom stereocenters. The van der Waals surface area contributed by atoms with Gasteiger partial charge in [-0.2, -0.15) is 5.10 Å². The summed E-state index contributed by atoms with van der Waals surface area (Å²) < 4.78 is 13.6. The molecule has 2 aromatic carbocycles. The molecule has 3 aromatic rings. The average molecular weight is 455 g/mol. The summed E-state index contributed by atoms with van der Waals surface area (Å²) in [5, 5.41) is 4.57. The van der Waals surface area contributed by atoms with Crippen molar-refractivity contribution in [1.29, 1.82) is 0 Å². The molecule has 6 heteroatoms. The molecule has 29 heavy (non-hydrogen) atoms. The quantitative estimate of drug-likeness (QED) is 0.362. The van der Waals surface area contributed by atoms with E-state index >= 15 is 0 Å². The van der Waals surface area contributed by atoms with E-state index in [-0.39, 0.29) is 5.78 Å². The van der Waals surface area contributed by atoms with E-state index in [9.17, 15) is 4.79 Å². The van der Waals surface area contributed by atoms with Crippen LogP contribution in [0.4, 0.5) is 0 Å². The molecule has 0 bridgehead atoms. The van der Waals surface area contributed by atoms with E-state index < -0.39 is 0 Å². The summed E-state index contributed by atoms with van der Waals surface area (Å²) in [6, 6.07) is 12.9. The van der Waals surface area contributed by atoms with Crippen LogP contribution in [0.3, 0.4) is 0 Å². The third kappa shape index (κ3) is 4.77. The Kier molecular flexibility index (Phi) is 6.54. The molecule has 0 amide bonds. The van der Waals surface area contributed by atoms with Crippen molar-refractivity contribution in [2.45, 2.75) is 20.4 Å². The number of nitrogens with zero attached hydrogens (tertiary/aromatic N) is 2. The zero-order valence-electron chi connectivity index (χ0n) is 16.9. The van der Waals surface area contributed by atoms with Crippen LogP contribution in [-0.2, 0) is 6.54 Å². The second-order valence-electron chi connectivity index (χ2n) is 6.64. The minimum atomic E-state index is -0.0625. The molecule has 0 saturated carbocycles. The zero-order chi connectivity index (χ0) is 21.0. The van der Waals surface area contributed by atoms with Crippen LogP contribution < -0.4 is 9.47 Å². The van der Waals surface area contributed by atoms with E-state index in [1.807, 2.05) is 42.8 Å². The molecule has 5 nitrogen and oxygen atoms in total. The topological polar surface area (TPSA) is 53.4 Å². The van der Waals surface area contributed by atoms with Gasteiger partial charge in [0, 0.05) is 11.1 Å². The Morgan fingerprint density at radius 2 is 1.83 bits per heavy atom. The average Bonchev–Trinajstić information content (AvgIpc) is 2.98. The minimum absolute atomic E-state index is 0.0625. The van der Waals surface area contributed by atoms with Crippen molar-refractivity contribution >= 4 is 27.8 Å². The van der Waals surface area contributed by atoms with Crippen molar-refractivity contribution in [2.24, 2.45) is 0 Å². The molecular formula is C23H23BrN2O3. The number of aryl methyl sites for hydroxylation is 1. The third-order valence-electron chi connectivity index (χ3n) is 4.72. The molecule has 1 aromatic heterocycles. The van der Waals surface area contributed by atoms with Gasteiger partial charge in [-0.05, 0) is 77.8 Å². The fraction of sp³-hybridized carbons (Fsp3) is 0.217. The number of methoxy groups -OCH3 is 2. The molecule has 0 saturated heterocycles. The number of carbonyl (C=O) groups is 1. The first-order valence-electron chi connectivity index (χ1n) is 9.15. The first-order valence-corrected chi connectivity index (χ1v) is 9.95. The van der Waals surface area contributed by atoms with Gasteiger partial charge in [0.25, 0.3) is 0 Å². The molecule has 0 atom stereocenters. The normalized spacial score (nSPS) is 11.1. The van der Waals surface area contributed by atoms with Gasteiger partial charge in [-0.15, -0.1) is 0 Å². The van der Waals surface area contributed by atoms with Gasteiger partial charge < -0.3 is 9.47 Å². The van der Waals surface area contributed by atoms with Gasteiger partial charge in [0.1, 0.15) is 11.5 Å². The highest BCUT2D eigenvalue weighted by Crippen LogP contribution is 2.25. The van der Waals surface area contributed by atoms with Crippen LogP contribution in [0, 0.1) is 13.8 Å². The standard InChI is InChI=1S/C23H23BrN2O3/c1-15-23(24)16(2)26(25-15)14-19-13-17(6-12-22(19)29-4)5-11-21(27)18-7-9-20(28-3)10-8-18/h5-13H,14H2,1-4H3/b11-5+. The summed E-state index contributed by atoms with van der Waals surface area (Å²) in [4.78, 5) is 12.4. The van der Waals surface area contributed by atoms with E-state index in [0.29, 0.717) is 12.1 Å². The zero-order valence-corrected chi connectivity index (χ0v) is 18.5. The van der Waals surface area contributed by atoms with E-state index in [2.05, 4.69) is 21.0 Å². The van der Waals surface area contributed by atoms with Crippen molar-refractivity contribution < 1.29 is 14.3 Å². The first-order chi connectivity index (χ1) is 13.9. The summed E-state index contributed by atoms with van der Waals surface area (Å²) >= 11 is 3.56. The van der Waals surface area contributed by atoms with Crippen molar-refractivity contribution in [3.05, 3.63) is 81.1 Å². The van der Waals surface area contributed by atoms with Crippen LogP contribution in [0.2, 0.25) is 0 Å². The summed E-state index contributed by atoms with van der Waals surface area (Å²) in [6.07, 6.45) is 3.39. The monoisotopic (exact) mass is 454 g/mol. The number of halogens is 1. The molecule has 1 heterocycles. The number of rotatable bonds is 7. The van der Waals surface area contributed by atoms with Crippen LogP contribution in [0.15, 0.2) is 53.0 Å². The van der Waals surface area contributed by atoms with E-state index in [4.69, 9.17) is 9.47 Å². The minimum Gasteiger partial charge on any atom is -0.497 e. The lowest BCUT2D eigenvalue weighted by atomic mass is 10.1. The number of allylic oxidation sites excluding steroid dienone is 1. The number of carbonyl (C=O) groups excluding carboxylic acids is 1. The maximum Gasteiger partial charge on any atom is 0.185 e. The van der Waals surface area contributed by atoms with Crippen LogP contribution in [0.1, 0.15) is 32.9 Å². The van der Waals surface area contributed by atoms with Gasteiger partial charge in [-0.25, -0.2) is 0 Å². The lowest BCUT2D eigenvalue weighted by Crippen LogP contribution is -2.06. The van der Waals surface area contributed by atoms with Gasteiger partial charge in [0.05, 0.1) is 36.6 Å². The SMILES string of the molecule is COc1ccc(C(=O)/C=C/c2ccc(OC)c(Cn3nc(C)c(Br)c3C)c2)cc1. The van der Waals surface area contributed by atoms with Gasteiger partial charge >= 0.3 is 0 Å². The van der Waals surface area contributed by atoms with Gasteiger partial charge in [0.2, 0.25) is 0 Å². The highest BCUT2D eigenvalue weighted by Gasteiger charge is 2.12. The van der Waals surface area contributed by atoms with E-state index in [0.717, 1.165) is 38.5 Å². The Morgan fingerprint density at radius 3 is 2.41 bits per heavy atom. The Bertz CT molecular complexity index is 1050. The molecule has 0 spiro atoms. The van der Waals surface area contributed by atoms with Gasteiger partial charge in [0.15, 0.2) is 5.78 Å². The maximum atomic E-state index is 12.4. The van der Waals surface area contributed by atoms with Crippen molar-refractivity contribution in [1.82, 2.24) is 9.78 Å². The maximum absolute atomic E-state index is 12.4. The Morgan fingerprint density at radius 1 is 1.10 bits per heavy atom. The Balaban J connectivity index is 1.82. The molecule has 0 fully saturated rings. The van der Waals surface area contributed by atoms with Crippen molar-refractivity contribution in [3.63, 3.8) is 0 Å². The van der Waals surface area contributed by atoms with Gasteiger partial charge in [-0.1, -0.05) is 12.1 Å². The van der Waals surface area contributed by atoms with Crippen LogP contribution in [0.5, 0.6) is 11.5 Å². The molecule has 0 N–H and O–H groups in total. The molecule has 0 radical (unpaired) electrons. The second-order valence-corrected chi connectivity index (χ2v) is 7.43. The molecule has 3 rings (SSSR count).